The largest absolute Gasteiger partial charge is 0.417 e. The number of anilines is 1. The van der Waals surface area contributed by atoms with Crippen LogP contribution >= 0.6 is 15.9 Å². The van der Waals surface area contributed by atoms with Crippen molar-refractivity contribution in [1.29, 1.82) is 0 Å². The van der Waals surface area contributed by atoms with Gasteiger partial charge in [-0.2, -0.15) is 13.2 Å². The number of hydrogen-bond acceptors (Lipinski definition) is 2. The maximum absolute atomic E-state index is 12.7. The molecule has 0 aliphatic rings. The molecule has 1 aromatic carbocycles. The lowest BCUT2D eigenvalue weighted by Crippen LogP contribution is -2.39. The summed E-state index contributed by atoms with van der Waals surface area (Å²) in [5.41, 5.74) is -1.44. The number of nitrogens with one attached hydrogen (secondary N) is 1. The van der Waals surface area contributed by atoms with E-state index in [1.165, 1.54) is 12.1 Å². The lowest BCUT2D eigenvalue weighted by atomic mass is 10.0. The fraction of sp³-hybridized carbons (Fsp3) is 0.500. The number of aliphatic hydroxyl groups is 1. The van der Waals surface area contributed by atoms with E-state index in [1.807, 2.05) is 0 Å². The van der Waals surface area contributed by atoms with Crippen LogP contribution in [0.15, 0.2) is 22.7 Å². The average Bonchev–Trinajstić information content (AvgIpc) is 2.17. The van der Waals surface area contributed by atoms with Crippen molar-refractivity contribution in [3.8, 4) is 0 Å². The van der Waals surface area contributed by atoms with Crippen molar-refractivity contribution >= 4 is 21.6 Å². The normalized spacial score (nSPS) is 14.4. The van der Waals surface area contributed by atoms with Gasteiger partial charge in [0.1, 0.15) is 0 Å². The third-order valence-electron chi connectivity index (χ3n) is 2.71. The number of alkyl halides is 3. The Labute approximate surface area is 112 Å². The average molecular weight is 326 g/mol. The summed E-state index contributed by atoms with van der Waals surface area (Å²) < 4.78 is 38.1. The Balaban J connectivity index is 3.00. The maximum Gasteiger partial charge on any atom is 0.417 e. The van der Waals surface area contributed by atoms with Crippen LogP contribution in [0.25, 0.3) is 0 Å². The molecule has 102 valence electrons. The highest BCUT2D eigenvalue weighted by atomic mass is 79.9. The molecule has 18 heavy (non-hydrogen) atoms. The van der Waals surface area contributed by atoms with Crippen molar-refractivity contribution < 1.29 is 18.3 Å². The fourth-order valence-electron chi connectivity index (χ4n) is 1.26. The Hall–Kier alpha value is -0.750. The first kappa shape index (κ1) is 15.3. The van der Waals surface area contributed by atoms with Crippen LogP contribution in [0.3, 0.4) is 0 Å². The second kappa shape index (κ2) is 5.09. The Morgan fingerprint density at radius 1 is 1.28 bits per heavy atom. The summed E-state index contributed by atoms with van der Waals surface area (Å²) in [7, 11) is 0. The lowest BCUT2D eigenvalue weighted by Gasteiger charge is -2.28. The van der Waals surface area contributed by atoms with Crippen LogP contribution in [0.2, 0.25) is 0 Å². The van der Waals surface area contributed by atoms with Crippen molar-refractivity contribution in [2.24, 2.45) is 0 Å². The van der Waals surface area contributed by atoms with E-state index in [0.717, 1.165) is 6.07 Å². The SMILES string of the molecule is CC(Nc1ccc(Br)c(C(F)(F)F)c1)C(C)(C)O. The molecule has 2 N–H and O–H groups in total. The molecule has 1 unspecified atom stereocenters. The van der Waals surface area contributed by atoms with Crippen LogP contribution in [0, 0.1) is 0 Å². The quantitative estimate of drug-likeness (QED) is 0.879. The van der Waals surface area contributed by atoms with E-state index in [-0.39, 0.29) is 10.5 Å². The van der Waals surface area contributed by atoms with Crippen molar-refractivity contribution in [1.82, 2.24) is 0 Å². The Kier molecular flexibility index (Phi) is 4.33. The predicted molar refractivity (Wildman–Crippen MR) is 68.5 cm³/mol. The smallest absolute Gasteiger partial charge is 0.388 e. The molecule has 0 fully saturated rings. The van der Waals surface area contributed by atoms with Gasteiger partial charge in [-0.05, 0) is 39.0 Å². The Bertz CT molecular complexity index is 426. The van der Waals surface area contributed by atoms with Gasteiger partial charge in [0, 0.05) is 10.2 Å². The molecule has 0 saturated heterocycles. The molecule has 6 heteroatoms. The fourth-order valence-corrected chi connectivity index (χ4v) is 1.73. The third kappa shape index (κ3) is 3.88. The molecule has 1 aromatic rings. The monoisotopic (exact) mass is 325 g/mol. The minimum Gasteiger partial charge on any atom is -0.388 e. The standard InChI is InChI=1S/C12H15BrF3NO/c1-7(11(2,3)18)17-8-4-5-10(13)9(6-8)12(14,15)16/h4-7,17-18H,1-3H3. The van der Waals surface area contributed by atoms with Gasteiger partial charge in [-0.25, -0.2) is 0 Å². The van der Waals surface area contributed by atoms with Crippen molar-refractivity contribution in [2.75, 3.05) is 5.32 Å². The highest BCUT2D eigenvalue weighted by Crippen LogP contribution is 2.36. The van der Waals surface area contributed by atoms with Gasteiger partial charge >= 0.3 is 6.18 Å². The summed E-state index contributed by atoms with van der Waals surface area (Å²) in [6, 6.07) is 3.51. The predicted octanol–water partition coefficient (Wildman–Crippen LogP) is 4.04. The van der Waals surface area contributed by atoms with Crippen LogP contribution in [0.5, 0.6) is 0 Å². The number of rotatable bonds is 3. The van der Waals surface area contributed by atoms with E-state index in [1.54, 1.807) is 20.8 Å². The molecule has 0 saturated carbocycles. The first-order chi connectivity index (χ1) is 8.01. The Morgan fingerprint density at radius 2 is 1.83 bits per heavy atom. The maximum atomic E-state index is 12.7. The number of halogens is 4. The van der Waals surface area contributed by atoms with E-state index in [4.69, 9.17) is 0 Å². The van der Waals surface area contributed by atoms with Crippen LogP contribution in [0.1, 0.15) is 26.3 Å². The van der Waals surface area contributed by atoms with Crippen LogP contribution in [-0.2, 0) is 6.18 Å². The van der Waals surface area contributed by atoms with Crippen molar-refractivity contribution in [2.45, 2.75) is 38.6 Å². The molecule has 0 amide bonds. The summed E-state index contributed by atoms with van der Waals surface area (Å²) in [6.45, 7) is 4.89. The van der Waals surface area contributed by atoms with Crippen molar-refractivity contribution in [3.05, 3.63) is 28.2 Å². The second-order valence-electron chi connectivity index (χ2n) is 4.71. The molecular weight excluding hydrogens is 311 g/mol. The minimum absolute atomic E-state index is 0.00328. The first-order valence-electron chi connectivity index (χ1n) is 5.37. The highest BCUT2D eigenvalue weighted by Gasteiger charge is 2.33. The molecule has 0 aromatic heterocycles. The minimum atomic E-state index is -4.41. The molecule has 1 atom stereocenters. The van der Waals surface area contributed by atoms with E-state index in [0.29, 0.717) is 5.69 Å². The molecule has 0 aliphatic heterocycles. The van der Waals surface area contributed by atoms with E-state index < -0.39 is 17.3 Å². The first-order valence-corrected chi connectivity index (χ1v) is 6.17. The molecule has 2 nitrogen and oxygen atoms in total. The zero-order valence-corrected chi connectivity index (χ0v) is 11.9. The van der Waals surface area contributed by atoms with Gasteiger partial charge < -0.3 is 10.4 Å². The summed E-state index contributed by atoms with van der Waals surface area (Å²) in [6.07, 6.45) is -4.41. The summed E-state index contributed by atoms with van der Waals surface area (Å²) in [4.78, 5) is 0. The zero-order valence-electron chi connectivity index (χ0n) is 10.3. The van der Waals surface area contributed by atoms with Gasteiger partial charge in [0.25, 0.3) is 0 Å². The van der Waals surface area contributed by atoms with Gasteiger partial charge in [-0.1, -0.05) is 15.9 Å². The van der Waals surface area contributed by atoms with E-state index in [9.17, 15) is 18.3 Å². The number of hydrogen-bond donors (Lipinski definition) is 2. The summed E-state index contributed by atoms with van der Waals surface area (Å²) >= 11 is 2.87. The van der Waals surface area contributed by atoms with Gasteiger partial charge in [0.2, 0.25) is 0 Å². The molecular formula is C12H15BrF3NO. The second-order valence-corrected chi connectivity index (χ2v) is 5.57. The molecule has 0 spiro atoms. The van der Waals surface area contributed by atoms with Gasteiger partial charge in [0.15, 0.2) is 0 Å². The third-order valence-corrected chi connectivity index (χ3v) is 3.41. The van der Waals surface area contributed by atoms with Crippen molar-refractivity contribution in [3.63, 3.8) is 0 Å². The van der Waals surface area contributed by atoms with Gasteiger partial charge in [0.05, 0.1) is 17.2 Å². The van der Waals surface area contributed by atoms with Crippen LogP contribution < -0.4 is 5.32 Å². The lowest BCUT2D eigenvalue weighted by molar-refractivity contribution is -0.138. The topological polar surface area (TPSA) is 32.3 Å². The molecule has 1 rings (SSSR count). The van der Waals surface area contributed by atoms with E-state index >= 15 is 0 Å². The van der Waals surface area contributed by atoms with Crippen LogP contribution in [-0.4, -0.2) is 16.7 Å². The Morgan fingerprint density at radius 3 is 2.28 bits per heavy atom. The highest BCUT2D eigenvalue weighted by molar-refractivity contribution is 9.10. The molecule has 0 radical (unpaired) electrons. The van der Waals surface area contributed by atoms with Gasteiger partial charge in [-0.15, -0.1) is 0 Å². The zero-order chi connectivity index (χ0) is 14.1. The molecule has 0 aliphatic carbocycles. The van der Waals surface area contributed by atoms with Crippen LogP contribution in [0.4, 0.5) is 18.9 Å². The number of benzene rings is 1. The van der Waals surface area contributed by atoms with E-state index in [2.05, 4.69) is 21.2 Å². The van der Waals surface area contributed by atoms with Gasteiger partial charge in [-0.3, -0.25) is 0 Å². The molecule has 0 heterocycles. The summed E-state index contributed by atoms with van der Waals surface area (Å²) in [5, 5.41) is 12.6. The molecule has 0 bridgehead atoms. The summed E-state index contributed by atoms with van der Waals surface area (Å²) in [5.74, 6) is 0.